The lowest BCUT2D eigenvalue weighted by Gasteiger charge is -2.17. The summed E-state index contributed by atoms with van der Waals surface area (Å²) in [6, 6.07) is 10.6. The molecule has 0 fully saturated rings. The predicted molar refractivity (Wildman–Crippen MR) is 63.2 cm³/mol. The summed E-state index contributed by atoms with van der Waals surface area (Å²) in [6.45, 7) is 2.81. The Hall–Kier alpha value is -1.76. The largest absolute Gasteiger partial charge is 0.488 e. The highest BCUT2D eigenvalue weighted by Crippen LogP contribution is 2.35. The van der Waals surface area contributed by atoms with Crippen LogP contribution >= 0.6 is 0 Å². The highest BCUT2D eigenvalue weighted by molar-refractivity contribution is 5.93. The van der Waals surface area contributed by atoms with Crippen molar-refractivity contribution in [2.24, 2.45) is 0 Å². The van der Waals surface area contributed by atoms with Crippen molar-refractivity contribution >= 4 is 16.8 Å². The average Bonchev–Trinajstić information content (AvgIpc) is 2.30. The molecule has 1 aliphatic heterocycles. The molecule has 0 saturated carbocycles. The van der Waals surface area contributed by atoms with Crippen molar-refractivity contribution in [3.8, 4) is 5.75 Å². The fourth-order valence-electron chi connectivity index (χ4n) is 2.12. The zero-order chi connectivity index (χ0) is 10.3. The van der Waals surface area contributed by atoms with Gasteiger partial charge in [0.05, 0.1) is 0 Å². The number of ether oxygens (including phenoxy) is 1. The molecule has 1 nitrogen and oxygen atoms in total. The first kappa shape index (κ1) is 8.54. The Morgan fingerprint density at radius 1 is 1.20 bits per heavy atom. The summed E-state index contributed by atoms with van der Waals surface area (Å²) in [6.07, 6.45) is 4.21. The lowest BCUT2D eigenvalue weighted by atomic mass is 9.99. The van der Waals surface area contributed by atoms with Crippen molar-refractivity contribution in [2.75, 3.05) is 6.61 Å². The van der Waals surface area contributed by atoms with Gasteiger partial charge in [0.1, 0.15) is 12.4 Å². The molecule has 0 atom stereocenters. The van der Waals surface area contributed by atoms with E-state index in [0.717, 1.165) is 5.75 Å². The van der Waals surface area contributed by atoms with Crippen LogP contribution in [0.25, 0.3) is 16.8 Å². The van der Waals surface area contributed by atoms with Crippen LogP contribution in [-0.2, 0) is 0 Å². The van der Waals surface area contributed by atoms with Crippen LogP contribution in [0.2, 0.25) is 0 Å². The molecule has 2 aromatic rings. The molecule has 2 aromatic carbocycles. The minimum absolute atomic E-state index is 0.681. The van der Waals surface area contributed by atoms with Gasteiger partial charge in [-0.3, -0.25) is 0 Å². The molecule has 0 saturated heterocycles. The summed E-state index contributed by atoms with van der Waals surface area (Å²) in [5.41, 5.74) is 2.50. The number of fused-ring (bicyclic) bond motifs is 3. The first-order valence-electron chi connectivity index (χ1n) is 5.18. The molecule has 0 amide bonds. The van der Waals surface area contributed by atoms with E-state index in [1.807, 2.05) is 0 Å². The van der Waals surface area contributed by atoms with E-state index in [9.17, 15) is 0 Å². The summed E-state index contributed by atoms with van der Waals surface area (Å²) in [5.74, 6) is 1.04. The summed E-state index contributed by atoms with van der Waals surface area (Å²) < 4.78 is 5.73. The van der Waals surface area contributed by atoms with Crippen LogP contribution in [0.15, 0.2) is 36.4 Å². The summed E-state index contributed by atoms with van der Waals surface area (Å²) in [4.78, 5) is 0. The van der Waals surface area contributed by atoms with Crippen LogP contribution in [0.3, 0.4) is 0 Å². The lowest BCUT2D eigenvalue weighted by Crippen LogP contribution is -2.02. The van der Waals surface area contributed by atoms with E-state index in [1.165, 1.54) is 21.9 Å². The van der Waals surface area contributed by atoms with E-state index >= 15 is 0 Å². The summed E-state index contributed by atoms with van der Waals surface area (Å²) in [7, 11) is 0. The molecular weight excluding hydrogens is 184 g/mol. The Bertz CT molecular complexity index is 553. The maximum atomic E-state index is 5.73. The van der Waals surface area contributed by atoms with E-state index in [0.29, 0.717) is 6.61 Å². The van der Waals surface area contributed by atoms with E-state index in [4.69, 9.17) is 4.74 Å². The molecule has 0 bridgehead atoms. The molecule has 0 radical (unpaired) electrons. The fourth-order valence-corrected chi connectivity index (χ4v) is 2.12. The zero-order valence-electron chi connectivity index (χ0n) is 8.66. The average molecular weight is 196 g/mol. The molecule has 0 aromatic heterocycles. The predicted octanol–water partition coefficient (Wildman–Crippen LogP) is 3.55. The molecule has 3 rings (SSSR count). The second-order valence-electron chi connectivity index (χ2n) is 3.87. The number of rotatable bonds is 0. The third-order valence-corrected chi connectivity index (χ3v) is 2.86. The first-order valence-corrected chi connectivity index (χ1v) is 5.18. The van der Waals surface area contributed by atoms with E-state index in [2.05, 4.69) is 49.4 Å². The quantitative estimate of drug-likeness (QED) is 0.626. The highest BCUT2D eigenvalue weighted by atomic mass is 16.5. The van der Waals surface area contributed by atoms with Gasteiger partial charge in [0.15, 0.2) is 0 Å². The molecule has 74 valence electrons. The third-order valence-electron chi connectivity index (χ3n) is 2.86. The van der Waals surface area contributed by atoms with Crippen LogP contribution in [0.4, 0.5) is 0 Å². The van der Waals surface area contributed by atoms with Crippen molar-refractivity contribution in [3.63, 3.8) is 0 Å². The third kappa shape index (κ3) is 1.23. The van der Waals surface area contributed by atoms with Gasteiger partial charge in [0, 0.05) is 10.9 Å². The van der Waals surface area contributed by atoms with Crippen LogP contribution in [-0.4, -0.2) is 6.61 Å². The second kappa shape index (κ2) is 3.13. The van der Waals surface area contributed by atoms with Crippen molar-refractivity contribution in [3.05, 3.63) is 47.5 Å². The van der Waals surface area contributed by atoms with E-state index < -0.39 is 0 Å². The van der Waals surface area contributed by atoms with Gasteiger partial charge in [0.25, 0.3) is 0 Å². The number of benzene rings is 2. The molecule has 0 spiro atoms. The van der Waals surface area contributed by atoms with Gasteiger partial charge in [-0.25, -0.2) is 0 Å². The SMILES string of the molecule is Cc1cc2ccccc2c2c1C=CCO2. The molecule has 1 heterocycles. The van der Waals surface area contributed by atoms with Gasteiger partial charge in [-0.1, -0.05) is 36.4 Å². The molecule has 0 unspecified atom stereocenters. The Morgan fingerprint density at radius 3 is 3.00 bits per heavy atom. The van der Waals surface area contributed by atoms with Crippen molar-refractivity contribution in [1.29, 1.82) is 0 Å². The standard InChI is InChI=1S/C14H12O/c1-10-9-11-5-2-3-6-13(11)14-12(10)7-4-8-15-14/h2-7,9H,8H2,1H3. The van der Waals surface area contributed by atoms with E-state index in [-0.39, 0.29) is 0 Å². The van der Waals surface area contributed by atoms with Crippen molar-refractivity contribution in [2.45, 2.75) is 6.92 Å². The normalized spacial score (nSPS) is 13.7. The van der Waals surface area contributed by atoms with Crippen molar-refractivity contribution < 1.29 is 4.74 Å². The Labute approximate surface area is 89.0 Å². The second-order valence-corrected chi connectivity index (χ2v) is 3.87. The lowest BCUT2D eigenvalue weighted by molar-refractivity contribution is 0.363. The van der Waals surface area contributed by atoms with E-state index in [1.54, 1.807) is 0 Å². The minimum Gasteiger partial charge on any atom is -0.488 e. The van der Waals surface area contributed by atoms with Gasteiger partial charge in [-0.05, 0) is 23.9 Å². The van der Waals surface area contributed by atoms with Gasteiger partial charge in [-0.2, -0.15) is 0 Å². The molecule has 0 aliphatic carbocycles. The Morgan fingerprint density at radius 2 is 2.07 bits per heavy atom. The summed E-state index contributed by atoms with van der Waals surface area (Å²) in [5, 5.41) is 2.46. The maximum absolute atomic E-state index is 5.73. The number of hydrogen-bond donors (Lipinski definition) is 0. The Kier molecular flexibility index (Phi) is 1.78. The van der Waals surface area contributed by atoms with Gasteiger partial charge in [0.2, 0.25) is 0 Å². The van der Waals surface area contributed by atoms with Crippen LogP contribution in [0.5, 0.6) is 5.75 Å². The van der Waals surface area contributed by atoms with Gasteiger partial charge < -0.3 is 4.74 Å². The van der Waals surface area contributed by atoms with Crippen molar-refractivity contribution in [1.82, 2.24) is 0 Å². The van der Waals surface area contributed by atoms with Gasteiger partial charge in [-0.15, -0.1) is 0 Å². The molecule has 15 heavy (non-hydrogen) atoms. The smallest absolute Gasteiger partial charge is 0.135 e. The fraction of sp³-hybridized carbons (Fsp3) is 0.143. The zero-order valence-corrected chi connectivity index (χ0v) is 8.66. The summed E-state index contributed by atoms with van der Waals surface area (Å²) >= 11 is 0. The molecule has 0 N–H and O–H groups in total. The van der Waals surface area contributed by atoms with Crippen LogP contribution in [0, 0.1) is 6.92 Å². The first-order chi connectivity index (χ1) is 7.36. The maximum Gasteiger partial charge on any atom is 0.135 e. The van der Waals surface area contributed by atoms with Crippen LogP contribution < -0.4 is 4.74 Å². The molecule has 1 aliphatic rings. The Balaban J connectivity index is 2.45. The molecule has 1 heteroatoms. The minimum atomic E-state index is 0.681. The van der Waals surface area contributed by atoms with Gasteiger partial charge >= 0.3 is 0 Å². The molecular formula is C14H12O. The highest BCUT2D eigenvalue weighted by Gasteiger charge is 2.12. The monoisotopic (exact) mass is 196 g/mol. The van der Waals surface area contributed by atoms with Crippen LogP contribution in [0.1, 0.15) is 11.1 Å². The topological polar surface area (TPSA) is 9.23 Å². The number of hydrogen-bond acceptors (Lipinski definition) is 1. The number of aryl methyl sites for hydroxylation is 1.